The fraction of sp³-hybridized carbons (Fsp3) is 0.0870. The van der Waals surface area contributed by atoms with Gasteiger partial charge < -0.3 is 10.4 Å². The summed E-state index contributed by atoms with van der Waals surface area (Å²) in [7, 11) is 0. The van der Waals surface area contributed by atoms with Crippen molar-refractivity contribution in [3.8, 4) is 5.75 Å². The Kier molecular flexibility index (Phi) is 5.26. The highest BCUT2D eigenvalue weighted by atomic mass is 35.5. The number of hydrogen-bond acceptors (Lipinski definition) is 3. The SMILES string of the molecule is Oc1c(C(Nc2cc(C(F)(F)F)ccc2Cl)c2ccccc2)ccc2cccnc12. The van der Waals surface area contributed by atoms with Crippen molar-refractivity contribution in [3.63, 3.8) is 0 Å². The number of aromatic hydroxyl groups is 1. The van der Waals surface area contributed by atoms with Gasteiger partial charge in [0.15, 0.2) is 0 Å². The minimum Gasteiger partial charge on any atom is -0.505 e. The fourth-order valence-electron chi connectivity index (χ4n) is 3.33. The molecule has 1 atom stereocenters. The van der Waals surface area contributed by atoms with Gasteiger partial charge in [0.1, 0.15) is 11.3 Å². The Morgan fingerprint density at radius 1 is 0.933 bits per heavy atom. The lowest BCUT2D eigenvalue weighted by molar-refractivity contribution is -0.137. The quantitative estimate of drug-likeness (QED) is 0.375. The summed E-state index contributed by atoms with van der Waals surface area (Å²) in [6, 6.07) is 18.7. The number of fused-ring (bicyclic) bond motifs is 1. The van der Waals surface area contributed by atoms with Crippen LogP contribution in [0.3, 0.4) is 0 Å². The van der Waals surface area contributed by atoms with Gasteiger partial charge in [-0.2, -0.15) is 13.2 Å². The van der Waals surface area contributed by atoms with Crippen LogP contribution < -0.4 is 5.32 Å². The van der Waals surface area contributed by atoms with E-state index in [0.717, 1.165) is 23.1 Å². The summed E-state index contributed by atoms with van der Waals surface area (Å²) < 4.78 is 39.6. The molecule has 3 nitrogen and oxygen atoms in total. The lowest BCUT2D eigenvalue weighted by Gasteiger charge is -2.23. The Balaban J connectivity index is 1.85. The first-order chi connectivity index (χ1) is 14.3. The normalized spacial score (nSPS) is 12.7. The molecule has 1 heterocycles. The Labute approximate surface area is 175 Å². The first-order valence-corrected chi connectivity index (χ1v) is 9.47. The second-order valence-electron chi connectivity index (χ2n) is 6.76. The average Bonchev–Trinajstić information content (AvgIpc) is 2.74. The number of nitrogens with one attached hydrogen (secondary N) is 1. The zero-order chi connectivity index (χ0) is 21.3. The van der Waals surface area contributed by atoms with Crippen molar-refractivity contribution in [3.05, 3.63) is 101 Å². The van der Waals surface area contributed by atoms with E-state index in [1.165, 1.54) is 6.07 Å². The molecule has 0 bridgehead atoms. The first kappa shape index (κ1) is 20.0. The van der Waals surface area contributed by atoms with Crippen LogP contribution in [0.2, 0.25) is 5.02 Å². The summed E-state index contributed by atoms with van der Waals surface area (Å²) in [6.07, 6.45) is -2.93. The van der Waals surface area contributed by atoms with Crippen LogP contribution in [0.15, 0.2) is 79.0 Å². The van der Waals surface area contributed by atoms with Gasteiger partial charge >= 0.3 is 6.18 Å². The largest absolute Gasteiger partial charge is 0.505 e. The second-order valence-corrected chi connectivity index (χ2v) is 7.17. The minimum atomic E-state index is -4.50. The Morgan fingerprint density at radius 3 is 2.43 bits per heavy atom. The molecule has 0 radical (unpaired) electrons. The number of phenols is 1. The van der Waals surface area contributed by atoms with Crippen LogP contribution in [-0.2, 0) is 6.18 Å². The number of pyridine rings is 1. The zero-order valence-electron chi connectivity index (χ0n) is 15.5. The monoisotopic (exact) mass is 428 g/mol. The number of aromatic nitrogens is 1. The molecule has 4 rings (SSSR count). The van der Waals surface area contributed by atoms with Crippen LogP contribution in [0.4, 0.5) is 18.9 Å². The minimum absolute atomic E-state index is 0.0439. The summed E-state index contributed by atoms with van der Waals surface area (Å²) in [4.78, 5) is 4.24. The number of halogens is 4. The highest BCUT2D eigenvalue weighted by Gasteiger charge is 2.31. The molecule has 0 fully saturated rings. The van der Waals surface area contributed by atoms with E-state index < -0.39 is 17.8 Å². The summed E-state index contributed by atoms with van der Waals surface area (Å²) in [5.41, 5.74) is 0.928. The zero-order valence-corrected chi connectivity index (χ0v) is 16.2. The molecule has 30 heavy (non-hydrogen) atoms. The van der Waals surface area contributed by atoms with Crippen molar-refractivity contribution in [2.45, 2.75) is 12.2 Å². The van der Waals surface area contributed by atoms with E-state index in [1.54, 1.807) is 18.3 Å². The van der Waals surface area contributed by atoms with Gasteiger partial charge in [0.2, 0.25) is 0 Å². The molecular formula is C23H16ClF3N2O. The van der Waals surface area contributed by atoms with Crippen LogP contribution >= 0.6 is 11.6 Å². The molecule has 4 aromatic rings. The van der Waals surface area contributed by atoms with Gasteiger partial charge in [-0.1, -0.05) is 60.1 Å². The summed E-state index contributed by atoms with van der Waals surface area (Å²) in [6.45, 7) is 0. The van der Waals surface area contributed by atoms with E-state index in [2.05, 4.69) is 10.3 Å². The summed E-state index contributed by atoms with van der Waals surface area (Å²) >= 11 is 6.20. The highest BCUT2D eigenvalue weighted by molar-refractivity contribution is 6.33. The Bertz CT molecular complexity index is 1200. The topological polar surface area (TPSA) is 45.1 Å². The van der Waals surface area contributed by atoms with E-state index in [-0.39, 0.29) is 16.5 Å². The number of phenolic OH excluding ortho intramolecular Hbond substituents is 1. The van der Waals surface area contributed by atoms with Crippen LogP contribution in [0.25, 0.3) is 10.9 Å². The van der Waals surface area contributed by atoms with Gasteiger partial charge in [-0.3, -0.25) is 4.98 Å². The van der Waals surface area contributed by atoms with Gasteiger partial charge in [0, 0.05) is 17.1 Å². The molecule has 0 saturated carbocycles. The maximum Gasteiger partial charge on any atom is 0.416 e. The number of hydrogen-bond donors (Lipinski definition) is 2. The molecular weight excluding hydrogens is 413 g/mol. The van der Waals surface area contributed by atoms with Gasteiger partial charge in [0.05, 0.1) is 22.3 Å². The lowest BCUT2D eigenvalue weighted by atomic mass is 9.96. The second kappa shape index (κ2) is 7.88. The van der Waals surface area contributed by atoms with Crippen molar-refractivity contribution < 1.29 is 18.3 Å². The van der Waals surface area contributed by atoms with Crippen LogP contribution in [-0.4, -0.2) is 10.1 Å². The smallest absolute Gasteiger partial charge is 0.416 e. The van der Waals surface area contributed by atoms with Crippen molar-refractivity contribution >= 4 is 28.2 Å². The standard InChI is InChI=1S/C23H16ClF3N2O/c24-18-11-9-16(23(25,26)27)13-19(18)29-20(14-5-2-1-3-6-14)17-10-8-15-7-4-12-28-21(15)22(17)30/h1-13,20,29-30H. The third-order valence-electron chi connectivity index (χ3n) is 4.82. The maximum atomic E-state index is 13.2. The Hall–Kier alpha value is -3.25. The number of benzene rings is 3. The van der Waals surface area contributed by atoms with E-state index in [4.69, 9.17) is 11.6 Å². The number of alkyl halides is 3. The van der Waals surface area contributed by atoms with Crippen LogP contribution in [0.1, 0.15) is 22.7 Å². The van der Waals surface area contributed by atoms with Gasteiger partial charge in [0.25, 0.3) is 0 Å². The fourth-order valence-corrected chi connectivity index (χ4v) is 3.50. The van der Waals surface area contributed by atoms with Crippen LogP contribution in [0.5, 0.6) is 5.75 Å². The molecule has 7 heteroatoms. The molecule has 0 amide bonds. The van der Waals surface area contributed by atoms with Gasteiger partial charge in [-0.25, -0.2) is 0 Å². The van der Waals surface area contributed by atoms with Crippen molar-refractivity contribution in [2.24, 2.45) is 0 Å². The molecule has 0 spiro atoms. The third kappa shape index (κ3) is 3.91. The summed E-state index contributed by atoms with van der Waals surface area (Å²) in [5, 5.41) is 14.9. The molecule has 1 unspecified atom stereocenters. The molecule has 1 aromatic heterocycles. The molecule has 0 saturated heterocycles. The van der Waals surface area contributed by atoms with E-state index >= 15 is 0 Å². The maximum absolute atomic E-state index is 13.2. The average molecular weight is 429 g/mol. The van der Waals surface area contributed by atoms with E-state index in [0.29, 0.717) is 11.1 Å². The molecule has 2 N–H and O–H groups in total. The number of rotatable bonds is 4. The van der Waals surface area contributed by atoms with Gasteiger partial charge in [-0.05, 0) is 29.8 Å². The summed E-state index contributed by atoms with van der Waals surface area (Å²) in [5.74, 6) is -0.0439. The van der Waals surface area contributed by atoms with E-state index in [1.807, 2.05) is 42.5 Å². The Morgan fingerprint density at radius 2 is 1.70 bits per heavy atom. The lowest BCUT2D eigenvalue weighted by Crippen LogP contribution is -2.14. The highest BCUT2D eigenvalue weighted by Crippen LogP contribution is 2.39. The molecule has 152 valence electrons. The van der Waals surface area contributed by atoms with Gasteiger partial charge in [-0.15, -0.1) is 0 Å². The van der Waals surface area contributed by atoms with Crippen molar-refractivity contribution in [1.29, 1.82) is 0 Å². The third-order valence-corrected chi connectivity index (χ3v) is 5.15. The van der Waals surface area contributed by atoms with Crippen molar-refractivity contribution in [2.75, 3.05) is 5.32 Å². The van der Waals surface area contributed by atoms with Crippen molar-refractivity contribution in [1.82, 2.24) is 4.98 Å². The van der Waals surface area contributed by atoms with Crippen LogP contribution in [0, 0.1) is 0 Å². The number of nitrogens with zero attached hydrogens (tertiary/aromatic N) is 1. The predicted molar refractivity (Wildman–Crippen MR) is 112 cm³/mol. The number of anilines is 1. The predicted octanol–water partition coefficient (Wildman–Crippen LogP) is 6.81. The molecule has 0 aliphatic carbocycles. The van der Waals surface area contributed by atoms with E-state index in [9.17, 15) is 18.3 Å². The molecule has 3 aromatic carbocycles. The first-order valence-electron chi connectivity index (χ1n) is 9.09. The molecule has 0 aliphatic heterocycles. The molecule has 0 aliphatic rings.